The number of ether oxygens (including phenoxy) is 1. The summed E-state index contributed by atoms with van der Waals surface area (Å²) >= 11 is 0. The molecule has 3 aromatic carbocycles. The van der Waals surface area contributed by atoms with Crippen LogP contribution in [0.4, 0.5) is 0 Å². The summed E-state index contributed by atoms with van der Waals surface area (Å²) in [4.78, 5) is 11.6. The molecule has 3 rings (SSSR count). The highest BCUT2D eigenvalue weighted by atomic mass is 31.2. The summed E-state index contributed by atoms with van der Waals surface area (Å²) in [7, 11) is -3.92. The number of carbonyl (C=O) groups excluding carboxylic acids is 1. The van der Waals surface area contributed by atoms with Crippen molar-refractivity contribution in [1.29, 1.82) is 0 Å². The van der Waals surface area contributed by atoms with E-state index in [1.807, 2.05) is 60.7 Å². The molecule has 0 bridgehead atoms. The zero-order valence-electron chi connectivity index (χ0n) is 17.3. The van der Waals surface area contributed by atoms with Gasteiger partial charge in [0.25, 0.3) is 0 Å². The van der Waals surface area contributed by atoms with Crippen LogP contribution in [0.2, 0.25) is 0 Å². The van der Waals surface area contributed by atoms with Crippen molar-refractivity contribution in [3.63, 3.8) is 0 Å². The maximum absolute atomic E-state index is 13.3. The Morgan fingerprint density at radius 1 is 0.742 bits per heavy atom. The van der Waals surface area contributed by atoms with Gasteiger partial charge in [-0.3, -0.25) is 13.8 Å². The summed E-state index contributed by atoms with van der Waals surface area (Å²) in [6, 6.07) is 25.4. The van der Waals surface area contributed by atoms with Gasteiger partial charge in [0.05, 0.1) is 26.2 Å². The first-order chi connectivity index (χ1) is 15.1. The summed E-state index contributed by atoms with van der Waals surface area (Å²) in [5.74, 6) is 0.0105. The number of esters is 1. The lowest BCUT2D eigenvalue weighted by molar-refractivity contribution is -0.142. The van der Waals surface area contributed by atoms with E-state index in [4.69, 9.17) is 18.3 Å². The van der Waals surface area contributed by atoms with Crippen LogP contribution in [0.3, 0.4) is 0 Å². The van der Waals surface area contributed by atoms with E-state index in [9.17, 15) is 9.36 Å². The smallest absolute Gasteiger partial charge is 0.466 e. The van der Waals surface area contributed by atoms with Crippen LogP contribution in [-0.4, -0.2) is 12.6 Å². The van der Waals surface area contributed by atoms with E-state index in [0.717, 1.165) is 16.7 Å². The van der Waals surface area contributed by atoms with Crippen LogP contribution < -0.4 is 4.52 Å². The van der Waals surface area contributed by atoms with Gasteiger partial charge in [-0.05, 0) is 35.7 Å². The molecule has 0 aliphatic carbocycles. The van der Waals surface area contributed by atoms with Gasteiger partial charge in [0, 0.05) is 0 Å². The minimum atomic E-state index is -3.92. The number of phosphoric ester groups is 1. The van der Waals surface area contributed by atoms with Crippen molar-refractivity contribution in [1.82, 2.24) is 0 Å². The van der Waals surface area contributed by atoms with E-state index < -0.39 is 7.82 Å². The molecule has 0 aromatic heterocycles. The minimum absolute atomic E-state index is 0.0772. The van der Waals surface area contributed by atoms with Gasteiger partial charge in [-0.2, -0.15) is 0 Å². The minimum Gasteiger partial charge on any atom is -0.466 e. The Morgan fingerprint density at radius 2 is 1.26 bits per heavy atom. The molecule has 0 fully saturated rings. The van der Waals surface area contributed by atoms with Crippen molar-refractivity contribution in [2.45, 2.75) is 26.6 Å². The number of hydrogen-bond acceptors (Lipinski definition) is 6. The van der Waals surface area contributed by atoms with Crippen molar-refractivity contribution < 1.29 is 27.7 Å². The van der Waals surface area contributed by atoms with Gasteiger partial charge in [0.1, 0.15) is 5.75 Å². The molecule has 0 amide bonds. The zero-order valence-corrected chi connectivity index (χ0v) is 18.2. The average molecular weight is 440 g/mol. The van der Waals surface area contributed by atoms with Crippen molar-refractivity contribution in [2.24, 2.45) is 0 Å². The standard InChI is InChI=1S/C24H25O6P/c1-2-27-24(25)17-20-13-15-23(16-14-20)30-31(26,28-18-21-9-5-3-6-10-21)29-19-22-11-7-4-8-12-22/h3-16H,2,17-19H2,1H3. The van der Waals surface area contributed by atoms with Gasteiger partial charge >= 0.3 is 13.8 Å². The quantitative estimate of drug-likeness (QED) is 0.281. The highest BCUT2D eigenvalue weighted by Gasteiger charge is 2.29. The lowest BCUT2D eigenvalue weighted by Crippen LogP contribution is -2.07. The third kappa shape index (κ3) is 7.68. The topological polar surface area (TPSA) is 71.1 Å². The molecule has 0 spiro atoms. The van der Waals surface area contributed by atoms with Crippen molar-refractivity contribution in [3.05, 3.63) is 102 Å². The number of benzene rings is 3. The van der Waals surface area contributed by atoms with Gasteiger partial charge in [-0.1, -0.05) is 72.8 Å². The second kappa shape index (κ2) is 11.5. The molecule has 31 heavy (non-hydrogen) atoms. The van der Waals surface area contributed by atoms with E-state index in [2.05, 4.69) is 0 Å². The molecule has 0 aliphatic rings. The van der Waals surface area contributed by atoms with Crippen LogP contribution in [0.25, 0.3) is 0 Å². The maximum Gasteiger partial charge on any atom is 0.530 e. The molecule has 0 heterocycles. The van der Waals surface area contributed by atoms with Crippen LogP contribution >= 0.6 is 7.82 Å². The largest absolute Gasteiger partial charge is 0.530 e. The molecule has 3 aromatic rings. The Morgan fingerprint density at radius 3 is 1.74 bits per heavy atom. The summed E-state index contributed by atoms with van der Waals surface area (Å²) < 4.78 is 35.1. The Bertz CT molecular complexity index is 942. The zero-order chi connectivity index (χ0) is 21.9. The Hall–Kier alpha value is -2.92. The molecule has 0 N–H and O–H groups in total. The molecule has 162 valence electrons. The number of phosphoric acid groups is 1. The highest BCUT2D eigenvalue weighted by molar-refractivity contribution is 7.48. The van der Waals surface area contributed by atoms with E-state index in [1.165, 1.54) is 0 Å². The summed E-state index contributed by atoms with van der Waals surface area (Å²) in [5, 5.41) is 0. The average Bonchev–Trinajstić information content (AvgIpc) is 2.79. The predicted octanol–water partition coefficient (Wildman–Crippen LogP) is 5.71. The first-order valence-electron chi connectivity index (χ1n) is 9.97. The molecular formula is C24H25O6P. The van der Waals surface area contributed by atoms with Gasteiger partial charge < -0.3 is 9.26 Å². The highest BCUT2D eigenvalue weighted by Crippen LogP contribution is 2.51. The third-order valence-electron chi connectivity index (χ3n) is 4.26. The van der Waals surface area contributed by atoms with Crippen LogP contribution in [0, 0.1) is 0 Å². The van der Waals surface area contributed by atoms with Crippen molar-refractivity contribution >= 4 is 13.8 Å². The Kier molecular flexibility index (Phi) is 8.42. The monoisotopic (exact) mass is 440 g/mol. The summed E-state index contributed by atoms with van der Waals surface area (Å²) in [5.41, 5.74) is 2.45. The van der Waals surface area contributed by atoms with Gasteiger partial charge in [0.2, 0.25) is 0 Å². The molecule has 0 unspecified atom stereocenters. The van der Waals surface area contributed by atoms with E-state index in [0.29, 0.717) is 12.4 Å². The van der Waals surface area contributed by atoms with Crippen LogP contribution in [0.1, 0.15) is 23.6 Å². The van der Waals surface area contributed by atoms with Crippen molar-refractivity contribution in [2.75, 3.05) is 6.61 Å². The second-order valence-electron chi connectivity index (χ2n) is 6.68. The lowest BCUT2D eigenvalue weighted by atomic mass is 10.1. The van der Waals surface area contributed by atoms with Crippen molar-refractivity contribution in [3.8, 4) is 5.75 Å². The van der Waals surface area contributed by atoms with E-state index in [-0.39, 0.29) is 25.6 Å². The fourth-order valence-corrected chi connectivity index (χ4v) is 3.90. The molecule has 7 heteroatoms. The summed E-state index contributed by atoms with van der Waals surface area (Å²) in [6.45, 7) is 2.25. The summed E-state index contributed by atoms with van der Waals surface area (Å²) in [6.07, 6.45) is 0.154. The fourth-order valence-electron chi connectivity index (χ4n) is 2.72. The number of carbonyl (C=O) groups is 1. The van der Waals surface area contributed by atoms with Crippen LogP contribution in [-0.2, 0) is 42.8 Å². The van der Waals surface area contributed by atoms with Gasteiger partial charge in [-0.15, -0.1) is 0 Å². The first-order valence-corrected chi connectivity index (χ1v) is 11.4. The van der Waals surface area contributed by atoms with Crippen LogP contribution in [0.15, 0.2) is 84.9 Å². The van der Waals surface area contributed by atoms with E-state index in [1.54, 1.807) is 31.2 Å². The second-order valence-corrected chi connectivity index (χ2v) is 8.28. The number of hydrogen-bond donors (Lipinski definition) is 0. The van der Waals surface area contributed by atoms with Gasteiger partial charge in [-0.25, -0.2) is 4.57 Å². The maximum atomic E-state index is 13.3. The molecule has 0 radical (unpaired) electrons. The number of rotatable bonds is 11. The molecule has 0 aliphatic heterocycles. The molecule has 6 nitrogen and oxygen atoms in total. The Labute approximate surface area is 182 Å². The predicted molar refractivity (Wildman–Crippen MR) is 117 cm³/mol. The Balaban J connectivity index is 1.69. The first kappa shape index (κ1) is 22.8. The van der Waals surface area contributed by atoms with Gasteiger partial charge in [0.15, 0.2) is 0 Å². The fraction of sp³-hybridized carbons (Fsp3) is 0.208. The normalized spacial score (nSPS) is 11.1. The molecule has 0 atom stereocenters. The molecule has 0 saturated carbocycles. The lowest BCUT2D eigenvalue weighted by Gasteiger charge is -2.19. The van der Waals surface area contributed by atoms with Crippen LogP contribution in [0.5, 0.6) is 5.75 Å². The third-order valence-corrected chi connectivity index (χ3v) is 5.58. The van der Waals surface area contributed by atoms with E-state index >= 15 is 0 Å². The molecular weight excluding hydrogens is 415 g/mol. The SMILES string of the molecule is CCOC(=O)Cc1ccc(OP(=O)(OCc2ccccc2)OCc2ccccc2)cc1. The molecule has 0 saturated heterocycles.